The molecular formula is C35H65N3O8. The molecule has 268 valence electrons. The van der Waals surface area contributed by atoms with E-state index >= 15 is 0 Å². The number of likely N-dealkylation sites (N-methyl/N-ethyl adjacent to an activating group) is 2. The van der Waals surface area contributed by atoms with Gasteiger partial charge in [-0.15, -0.1) is 0 Å². The summed E-state index contributed by atoms with van der Waals surface area (Å²) in [5.41, 5.74) is -2.28. The van der Waals surface area contributed by atoms with Crippen molar-refractivity contribution in [2.24, 2.45) is 23.2 Å². The van der Waals surface area contributed by atoms with Crippen molar-refractivity contribution in [2.75, 3.05) is 74.3 Å². The average Bonchev–Trinajstić information content (AvgIpc) is 3.52. The van der Waals surface area contributed by atoms with Crippen molar-refractivity contribution >= 4 is 11.8 Å². The molecule has 0 aromatic rings. The zero-order valence-corrected chi connectivity index (χ0v) is 30.6. The van der Waals surface area contributed by atoms with Gasteiger partial charge < -0.3 is 38.6 Å². The number of esters is 1. The number of methoxy groups -OCH3 is 1. The second-order valence-corrected chi connectivity index (χ2v) is 14.9. The first-order chi connectivity index (χ1) is 21.7. The van der Waals surface area contributed by atoms with Crippen LogP contribution in [0.25, 0.3) is 0 Å². The van der Waals surface area contributed by atoms with Gasteiger partial charge in [0.25, 0.3) is 0 Å². The van der Waals surface area contributed by atoms with Crippen LogP contribution < -0.4 is 0 Å². The summed E-state index contributed by atoms with van der Waals surface area (Å²) in [4.78, 5) is 34.5. The van der Waals surface area contributed by atoms with Gasteiger partial charge in [-0.2, -0.15) is 0 Å². The third-order valence-corrected chi connectivity index (χ3v) is 10.8. The molecule has 4 aliphatic heterocycles. The minimum atomic E-state index is -1.40. The second kappa shape index (κ2) is 17.0. The molecule has 11 heteroatoms. The van der Waals surface area contributed by atoms with Crippen molar-refractivity contribution < 1.29 is 38.4 Å². The molecular weight excluding hydrogens is 590 g/mol. The van der Waals surface area contributed by atoms with Crippen molar-refractivity contribution in [3.63, 3.8) is 0 Å². The predicted octanol–water partition coefficient (Wildman–Crippen LogP) is 3.07. The summed E-state index contributed by atoms with van der Waals surface area (Å²) >= 11 is 0. The molecule has 0 aliphatic carbocycles. The predicted molar refractivity (Wildman–Crippen MR) is 177 cm³/mol. The van der Waals surface area contributed by atoms with E-state index in [1.165, 1.54) is 0 Å². The molecule has 4 rings (SSSR count). The fourth-order valence-corrected chi connectivity index (χ4v) is 7.66. The number of nitrogens with zero attached hydrogens (tertiary/aromatic N) is 3. The fourth-order valence-electron chi connectivity index (χ4n) is 7.66. The Kier molecular flexibility index (Phi) is 14.5. The highest BCUT2D eigenvalue weighted by Gasteiger charge is 2.51. The van der Waals surface area contributed by atoms with Crippen molar-refractivity contribution in [1.82, 2.24) is 14.7 Å². The third-order valence-electron chi connectivity index (χ3n) is 10.8. The van der Waals surface area contributed by atoms with Gasteiger partial charge in [0.15, 0.2) is 12.1 Å². The van der Waals surface area contributed by atoms with Crippen LogP contribution in [0.5, 0.6) is 0 Å². The van der Waals surface area contributed by atoms with E-state index in [2.05, 4.69) is 16.8 Å². The summed E-state index contributed by atoms with van der Waals surface area (Å²) in [6.07, 6.45) is 0.404. The number of ketones is 1. The molecule has 4 saturated heterocycles. The zero-order chi connectivity index (χ0) is 34.4. The topological polar surface area (TPSA) is 110 Å². The van der Waals surface area contributed by atoms with Gasteiger partial charge >= 0.3 is 5.97 Å². The van der Waals surface area contributed by atoms with Gasteiger partial charge in [-0.25, -0.2) is 0 Å². The Labute approximate surface area is 278 Å². The minimum absolute atomic E-state index is 0.0511. The van der Waals surface area contributed by atoms with Crippen LogP contribution in [0.4, 0.5) is 0 Å². The number of carbonyl (C=O) groups is 2. The summed E-state index contributed by atoms with van der Waals surface area (Å²) in [5.74, 6) is -0.573. The van der Waals surface area contributed by atoms with Crippen molar-refractivity contribution in [2.45, 2.75) is 116 Å². The van der Waals surface area contributed by atoms with Crippen molar-refractivity contribution in [3.8, 4) is 0 Å². The first-order valence-electron chi connectivity index (χ1n) is 17.6. The monoisotopic (exact) mass is 655 g/mol. The van der Waals surface area contributed by atoms with E-state index in [1.54, 1.807) is 27.9 Å². The zero-order valence-electron chi connectivity index (χ0n) is 30.6. The number of cyclic esters (lactones) is 1. The molecule has 9 atom stereocenters. The second-order valence-electron chi connectivity index (χ2n) is 14.9. The largest absolute Gasteiger partial charge is 0.463 e. The number of aliphatic hydroxyl groups excluding tert-OH is 1. The van der Waals surface area contributed by atoms with E-state index in [1.807, 2.05) is 46.7 Å². The lowest BCUT2D eigenvalue weighted by molar-refractivity contribution is -0.295. The highest BCUT2D eigenvalue weighted by Crippen LogP contribution is 2.38. The third kappa shape index (κ3) is 9.08. The molecule has 0 bridgehead atoms. The summed E-state index contributed by atoms with van der Waals surface area (Å²) in [5, 5.41) is 11.3. The highest BCUT2D eigenvalue weighted by atomic mass is 16.7. The Balaban J connectivity index is 0.00000282. The quantitative estimate of drug-likeness (QED) is 0.323. The molecule has 0 amide bonds. The maximum atomic E-state index is 14.1. The number of hydrogen-bond acceptors (Lipinski definition) is 11. The number of rotatable bonds is 7. The van der Waals surface area contributed by atoms with E-state index in [4.69, 9.17) is 23.7 Å². The van der Waals surface area contributed by atoms with Crippen LogP contribution in [-0.4, -0.2) is 148 Å². The Morgan fingerprint density at radius 2 is 1.76 bits per heavy atom. The maximum absolute atomic E-state index is 14.1. The number of likely N-dealkylation sites (tertiary alicyclic amines) is 1. The van der Waals surface area contributed by atoms with Crippen LogP contribution >= 0.6 is 0 Å². The smallest absolute Gasteiger partial charge is 0.319 e. The normalized spacial score (nSPS) is 39.0. The van der Waals surface area contributed by atoms with Gasteiger partial charge in [0.1, 0.15) is 18.1 Å². The first kappa shape index (κ1) is 39.3. The maximum Gasteiger partial charge on any atom is 0.319 e. The van der Waals surface area contributed by atoms with Gasteiger partial charge in [-0.05, 0) is 87.0 Å². The summed E-state index contributed by atoms with van der Waals surface area (Å²) < 4.78 is 30.4. The van der Waals surface area contributed by atoms with Crippen molar-refractivity contribution in [1.29, 1.82) is 0 Å². The standard InChI is InChI=1S/C33H59N3O8.C2H6/c1-21-15-25(34(6)7)27(37)30(43-21)44-29-22(2)28(38)32(3,4)31(39)42-20-26(35(8)13-10-12-33(29,5)40-9)24-17-36(18-24)16-23-11-14-41-19-23;1-2/h21-27,29-30,37H,10-20H2,1-9H3;1-2H3/t21?,22-,23?,25?,26?,27+,29+,30?,33+;/m0./s1. The molecule has 4 fully saturated rings. The summed E-state index contributed by atoms with van der Waals surface area (Å²) in [6.45, 7) is 18.7. The number of Topliss-reactive ketones (excluding diaryl/α,β-unsaturated/α-hetero) is 1. The molecule has 0 aromatic carbocycles. The molecule has 4 aliphatic rings. The average molecular weight is 656 g/mol. The Morgan fingerprint density at radius 1 is 1.09 bits per heavy atom. The summed E-state index contributed by atoms with van der Waals surface area (Å²) in [6, 6.07) is -0.112. The Morgan fingerprint density at radius 3 is 2.35 bits per heavy atom. The van der Waals surface area contributed by atoms with Crippen LogP contribution in [0.3, 0.4) is 0 Å². The van der Waals surface area contributed by atoms with Crippen LogP contribution in [0, 0.1) is 23.2 Å². The molecule has 0 spiro atoms. The lowest BCUT2D eigenvalue weighted by atomic mass is 9.75. The molecule has 5 unspecified atom stereocenters. The van der Waals surface area contributed by atoms with Gasteiger partial charge in [-0.1, -0.05) is 20.8 Å². The van der Waals surface area contributed by atoms with E-state index in [0.29, 0.717) is 24.7 Å². The number of carbonyl (C=O) groups excluding carboxylic acids is 2. The molecule has 0 aromatic heterocycles. The first-order valence-corrected chi connectivity index (χ1v) is 17.6. The molecule has 11 nitrogen and oxygen atoms in total. The number of aliphatic hydroxyl groups is 1. The minimum Gasteiger partial charge on any atom is -0.463 e. The van der Waals surface area contributed by atoms with Gasteiger partial charge in [0.05, 0.1) is 24.4 Å². The van der Waals surface area contributed by atoms with Gasteiger partial charge in [0.2, 0.25) is 0 Å². The lowest BCUT2D eigenvalue weighted by Gasteiger charge is -2.47. The Bertz CT molecular complexity index is 969. The van der Waals surface area contributed by atoms with Crippen molar-refractivity contribution in [3.05, 3.63) is 0 Å². The Hall–Kier alpha value is -1.18. The highest BCUT2D eigenvalue weighted by molar-refractivity contribution is 6.04. The number of hydrogen-bond donors (Lipinski definition) is 1. The SMILES string of the molecule is CC.CO[C@]1(C)CCCN(C)C(C2CN(CC3CCOC3)C2)COC(=O)C(C)(C)C(=O)[C@H](C)[C@H]1OC1OC(C)CC(N(C)C)[C@H]1O. The van der Waals surface area contributed by atoms with Crippen LogP contribution in [0.1, 0.15) is 74.1 Å². The molecule has 4 heterocycles. The lowest BCUT2D eigenvalue weighted by Crippen LogP contribution is -2.59. The van der Waals surface area contributed by atoms with Gasteiger partial charge in [0, 0.05) is 57.3 Å². The molecule has 0 radical (unpaired) electrons. The fraction of sp³-hybridized carbons (Fsp3) is 0.943. The van der Waals surface area contributed by atoms with E-state index < -0.39 is 41.4 Å². The van der Waals surface area contributed by atoms with E-state index in [-0.39, 0.29) is 30.6 Å². The molecule has 1 N–H and O–H groups in total. The van der Waals surface area contributed by atoms with Crippen LogP contribution in [0.15, 0.2) is 0 Å². The van der Waals surface area contributed by atoms with Crippen LogP contribution in [0.2, 0.25) is 0 Å². The van der Waals surface area contributed by atoms with E-state index in [9.17, 15) is 14.7 Å². The summed E-state index contributed by atoms with van der Waals surface area (Å²) in [7, 11) is 7.59. The molecule has 0 saturated carbocycles. The molecule has 46 heavy (non-hydrogen) atoms. The number of ether oxygens (including phenoxy) is 5. The van der Waals surface area contributed by atoms with Gasteiger partial charge in [-0.3, -0.25) is 14.5 Å². The van der Waals surface area contributed by atoms with Crippen LogP contribution in [-0.2, 0) is 33.3 Å². The van der Waals surface area contributed by atoms with E-state index in [0.717, 1.165) is 52.2 Å².